The number of carbonyl (C=O) groups is 2. The molecule has 3 rings (SSSR count). The fourth-order valence-electron chi connectivity index (χ4n) is 4.43. The number of methoxy groups -OCH3 is 2. The molecule has 0 aromatic heterocycles. The Balaban J connectivity index is 2.11. The second-order valence-electron chi connectivity index (χ2n) is 8.47. The van der Waals surface area contributed by atoms with Crippen LogP contribution >= 0.6 is 0 Å². The third kappa shape index (κ3) is 5.44. The summed E-state index contributed by atoms with van der Waals surface area (Å²) in [7, 11) is -0.578. The van der Waals surface area contributed by atoms with E-state index in [0.29, 0.717) is 17.4 Å². The lowest BCUT2D eigenvalue weighted by Gasteiger charge is -2.34. The molecule has 2 aromatic rings. The summed E-state index contributed by atoms with van der Waals surface area (Å²) in [6.45, 7) is 2.13. The maximum atomic E-state index is 15.1. The van der Waals surface area contributed by atoms with E-state index in [2.05, 4.69) is 6.58 Å². The van der Waals surface area contributed by atoms with E-state index in [9.17, 15) is 22.4 Å². The Morgan fingerprint density at radius 1 is 1.19 bits per heavy atom. The quantitative estimate of drug-likeness (QED) is 0.357. The SMILES string of the molecule is C=CCOC(=O)N1C[C@@H](S(=O)(=O)N(C)Cc2ccc(OC)cc2)[C@](C(=O)OC)(c2ccc(F)cc2F)C1. The standard InChI is InChI=1S/C25H28F2N2O7S/c1-5-12-36-24(31)29-15-22(37(32,33)28(2)14-17-6-9-19(34-3)10-7-17)25(16-29,23(30)35-4)20-11-8-18(26)13-21(20)27/h5-11,13,22H,1,12,14-16H2,2-4H3/t22-,25-/m1/s1. The van der Waals surface area contributed by atoms with Crippen LogP contribution in [0.3, 0.4) is 0 Å². The molecule has 1 fully saturated rings. The van der Waals surface area contributed by atoms with E-state index in [1.165, 1.54) is 20.2 Å². The number of ether oxygens (including phenoxy) is 3. The van der Waals surface area contributed by atoms with Crippen LogP contribution in [0.1, 0.15) is 11.1 Å². The van der Waals surface area contributed by atoms with Gasteiger partial charge in [-0.2, -0.15) is 0 Å². The molecule has 0 unspecified atom stereocenters. The molecule has 1 heterocycles. The summed E-state index contributed by atoms with van der Waals surface area (Å²) in [6, 6.07) is 9.12. The number of benzene rings is 2. The first-order valence-corrected chi connectivity index (χ1v) is 12.7. The molecule has 0 saturated carbocycles. The number of hydrogen-bond acceptors (Lipinski definition) is 7. The molecule has 37 heavy (non-hydrogen) atoms. The van der Waals surface area contributed by atoms with Crippen molar-refractivity contribution in [2.75, 3.05) is 41.0 Å². The Kier molecular flexibility index (Phi) is 8.54. The van der Waals surface area contributed by atoms with Crippen molar-refractivity contribution in [2.45, 2.75) is 17.2 Å². The number of likely N-dealkylation sites (tertiary alicyclic amines) is 1. The van der Waals surface area contributed by atoms with Crippen LogP contribution < -0.4 is 4.74 Å². The van der Waals surface area contributed by atoms with Crippen molar-refractivity contribution < 1.29 is 41.0 Å². The van der Waals surface area contributed by atoms with Gasteiger partial charge in [-0.15, -0.1) is 0 Å². The van der Waals surface area contributed by atoms with Gasteiger partial charge in [0.2, 0.25) is 10.0 Å². The average Bonchev–Trinajstić information content (AvgIpc) is 3.29. The van der Waals surface area contributed by atoms with E-state index >= 15 is 4.39 Å². The molecular formula is C25H28F2N2O7S. The second-order valence-corrected chi connectivity index (χ2v) is 10.7. The van der Waals surface area contributed by atoms with E-state index in [0.717, 1.165) is 28.4 Å². The first-order valence-electron chi connectivity index (χ1n) is 11.2. The van der Waals surface area contributed by atoms with Crippen LogP contribution in [0, 0.1) is 11.6 Å². The highest BCUT2D eigenvalue weighted by molar-refractivity contribution is 7.89. The number of hydrogen-bond donors (Lipinski definition) is 0. The Bertz CT molecular complexity index is 1270. The van der Waals surface area contributed by atoms with Crippen LogP contribution in [0.15, 0.2) is 55.1 Å². The van der Waals surface area contributed by atoms with Crippen molar-refractivity contribution in [1.29, 1.82) is 0 Å². The van der Waals surface area contributed by atoms with Crippen LogP contribution in [0.2, 0.25) is 0 Å². The molecule has 0 aliphatic carbocycles. The first kappa shape index (κ1) is 28.1. The Hall–Kier alpha value is -3.51. The number of amides is 1. The number of carbonyl (C=O) groups excluding carboxylic acids is 2. The van der Waals surface area contributed by atoms with Crippen molar-refractivity contribution in [3.05, 3.63) is 77.9 Å². The number of esters is 1. The van der Waals surface area contributed by atoms with Gasteiger partial charge < -0.3 is 19.1 Å². The summed E-state index contributed by atoms with van der Waals surface area (Å²) in [6.07, 6.45) is 0.393. The molecule has 0 bridgehead atoms. The normalized spacial score (nSPS) is 19.5. The zero-order valence-corrected chi connectivity index (χ0v) is 21.5. The minimum absolute atomic E-state index is 0.0904. The molecule has 0 spiro atoms. The fourth-order valence-corrected chi connectivity index (χ4v) is 6.36. The van der Waals surface area contributed by atoms with Crippen molar-refractivity contribution in [1.82, 2.24) is 9.21 Å². The highest BCUT2D eigenvalue weighted by Crippen LogP contribution is 2.42. The first-order chi connectivity index (χ1) is 17.5. The fraction of sp³-hybridized carbons (Fsp3) is 0.360. The van der Waals surface area contributed by atoms with Crippen molar-refractivity contribution in [2.24, 2.45) is 0 Å². The van der Waals surface area contributed by atoms with Gasteiger partial charge in [0.05, 0.1) is 14.2 Å². The second kappa shape index (κ2) is 11.3. The van der Waals surface area contributed by atoms with Crippen LogP contribution in [0.25, 0.3) is 0 Å². The summed E-state index contributed by atoms with van der Waals surface area (Å²) in [5.74, 6) is -2.58. The van der Waals surface area contributed by atoms with Gasteiger partial charge in [0.25, 0.3) is 0 Å². The molecule has 2 aromatic carbocycles. The van der Waals surface area contributed by atoms with Gasteiger partial charge in [-0.3, -0.25) is 4.79 Å². The van der Waals surface area contributed by atoms with Gasteiger partial charge in [-0.25, -0.2) is 26.3 Å². The highest BCUT2D eigenvalue weighted by atomic mass is 32.2. The van der Waals surface area contributed by atoms with Crippen LogP contribution in [0.5, 0.6) is 5.75 Å². The van der Waals surface area contributed by atoms with Crippen LogP contribution in [-0.4, -0.2) is 75.9 Å². The van der Waals surface area contributed by atoms with E-state index in [1.54, 1.807) is 24.3 Å². The van der Waals surface area contributed by atoms with E-state index in [1.807, 2.05) is 0 Å². The van der Waals surface area contributed by atoms with E-state index < -0.39 is 63.0 Å². The monoisotopic (exact) mass is 538 g/mol. The molecule has 1 aliphatic rings. The largest absolute Gasteiger partial charge is 0.497 e. The lowest BCUT2D eigenvalue weighted by Crippen LogP contribution is -2.54. The molecular weight excluding hydrogens is 510 g/mol. The maximum Gasteiger partial charge on any atom is 0.410 e. The topological polar surface area (TPSA) is 102 Å². The Labute approximate surface area is 214 Å². The molecule has 0 radical (unpaired) electrons. The zero-order chi connectivity index (χ0) is 27.4. The molecule has 0 N–H and O–H groups in total. The molecule has 2 atom stereocenters. The molecule has 9 nitrogen and oxygen atoms in total. The summed E-state index contributed by atoms with van der Waals surface area (Å²) in [5.41, 5.74) is -2.00. The molecule has 1 amide bonds. The van der Waals surface area contributed by atoms with Crippen molar-refractivity contribution in [3.8, 4) is 5.75 Å². The zero-order valence-electron chi connectivity index (χ0n) is 20.6. The molecule has 1 aliphatic heterocycles. The molecule has 200 valence electrons. The van der Waals surface area contributed by atoms with Gasteiger partial charge >= 0.3 is 12.1 Å². The number of sulfonamides is 1. The highest BCUT2D eigenvalue weighted by Gasteiger charge is 2.62. The van der Waals surface area contributed by atoms with Crippen molar-refractivity contribution in [3.63, 3.8) is 0 Å². The van der Waals surface area contributed by atoms with Gasteiger partial charge in [-0.1, -0.05) is 30.9 Å². The number of nitrogens with zero attached hydrogens (tertiary/aromatic N) is 2. The lowest BCUT2D eigenvalue weighted by molar-refractivity contribution is -0.147. The molecule has 12 heteroatoms. The lowest BCUT2D eigenvalue weighted by atomic mass is 9.78. The van der Waals surface area contributed by atoms with Gasteiger partial charge in [0.1, 0.15) is 34.7 Å². The predicted octanol–water partition coefficient (Wildman–Crippen LogP) is 2.85. The minimum Gasteiger partial charge on any atom is -0.497 e. The summed E-state index contributed by atoms with van der Waals surface area (Å²) in [4.78, 5) is 27.0. The van der Waals surface area contributed by atoms with E-state index in [4.69, 9.17) is 14.2 Å². The summed E-state index contributed by atoms with van der Waals surface area (Å²) < 4.78 is 72.9. The minimum atomic E-state index is -4.41. The molecule has 1 saturated heterocycles. The van der Waals surface area contributed by atoms with Gasteiger partial charge in [-0.05, 0) is 23.8 Å². The third-order valence-corrected chi connectivity index (χ3v) is 8.55. The predicted molar refractivity (Wildman–Crippen MR) is 130 cm³/mol. The van der Waals surface area contributed by atoms with Gasteiger partial charge in [0, 0.05) is 38.3 Å². The number of rotatable bonds is 9. The Morgan fingerprint density at radius 3 is 2.43 bits per heavy atom. The van der Waals surface area contributed by atoms with Gasteiger partial charge in [0.15, 0.2) is 0 Å². The average molecular weight is 539 g/mol. The maximum absolute atomic E-state index is 15.1. The third-order valence-electron chi connectivity index (χ3n) is 6.28. The van der Waals surface area contributed by atoms with Crippen LogP contribution in [-0.2, 0) is 36.3 Å². The number of halogens is 2. The summed E-state index contributed by atoms with van der Waals surface area (Å²) in [5, 5.41) is -1.67. The van der Waals surface area contributed by atoms with E-state index in [-0.39, 0.29) is 13.2 Å². The Morgan fingerprint density at radius 2 is 1.86 bits per heavy atom. The van der Waals surface area contributed by atoms with Crippen LogP contribution in [0.4, 0.5) is 13.6 Å². The smallest absolute Gasteiger partial charge is 0.410 e. The van der Waals surface area contributed by atoms with Crippen molar-refractivity contribution >= 4 is 22.1 Å². The summed E-state index contributed by atoms with van der Waals surface area (Å²) >= 11 is 0.